The van der Waals surface area contributed by atoms with Crippen molar-refractivity contribution in [3.05, 3.63) is 58.9 Å². The van der Waals surface area contributed by atoms with Crippen molar-refractivity contribution in [3.8, 4) is 22.9 Å². The first-order valence-corrected chi connectivity index (χ1v) is 8.92. The summed E-state index contributed by atoms with van der Waals surface area (Å²) < 4.78 is 21.0. The highest BCUT2D eigenvalue weighted by molar-refractivity contribution is 6.30. The summed E-state index contributed by atoms with van der Waals surface area (Å²) in [5, 5.41) is 4.45. The molecule has 2 aromatic carbocycles. The van der Waals surface area contributed by atoms with Crippen LogP contribution in [0.5, 0.6) is 11.5 Å². The van der Waals surface area contributed by atoms with Crippen LogP contribution in [0.1, 0.15) is 17.9 Å². The first-order chi connectivity index (χ1) is 13.6. The van der Waals surface area contributed by atoms with E-state index in [0.29, 0.717) is 28.8 Å². The Morgan fingerprint density at radius 3 is 2.71 bits per heavy atom. The van der Waals surface area contributed by atoms with Crippen molar-refractivity contribution in [3.63, 3.8) is 0 Å². The van der Waals surface area contributed by atoms with Gasteiger partial charge in [-0.2, -0.15) is 4.98 Å². The van der Waals surface area contributed by atoms with Crippen molar-refractivity contribution in [2.24, 2.45) is 0 Å². The average Bonchev–Trinajstić information content (AvgIpc) is 3.19. The fraction of sp³-hybridized carbons (Fsp3) is 0.250. The lowest BCUT2D eigenvalue weighted by Crippen LogP contribution is -2.07. The van der Waals surface area contributed by atoms with E-state index in [1.54, 1.807) is 38.5 Å². The summed E-state index contributed by atoms with van der Waals surface area (Å²) in [6.45, 7) is -0.0956. The molecule has 7 nitrogen and oxygen atoms in total. The topological polar surface area (TPSA) is 83.7 Å². The van der Waals surface area contributed by atoms with E-state index < -0.39 is 0 Å². The molecular formula is C20H19ClN2O5. The summed E-state index contributed by atoms with van der Waals surface area (Å²) in [6.07, 6.45) is 0.635. The quantitative estimate of drug-likeness (QED) is 0.525. The summed E-state index contributed by atoms with van der Waals surface area (Å²) in [5.74, 6) is 1.44. The number of halogens is 1. The van der Waals surface area contributed by atoms with Crippen molar-refractivity contribution >= 4 is 17.6 Å². The molecule has 0 fully saturated rings. The maximum absolute atomic E-state index is 12.1. The number of nitrogens with zero attached hydrogens (tertiary/aromatic N) is 2. The summed E-state index contributed by atoms with van der Waals surface area (Å²) in [6, 6.07) is 12.6. The first kappa shape index (κ1) is 19.7. The van der Waals surface area contributed by atoms with Crippen molar-refractivity contribution in [1.82, 2.24) is 10.1 Å². The molecule has 0 saturated heterocycles. The third-order valence-electron chi connectivity index (χ3n) is 3.99. The van der Waals surface area contributed by atoms with Crippen LogP contribution in [0.15, 0.2) is 47.0 Å². The minimum Gasteiger partial charge on any atom is -0.493 e. The van der Waals surface area contributed by atoms with Gasteiger partial charge in [-0.1, -0.05) is 41.0 Å². The van der Waals surface area contributed by atoms with Crippen LogP contribution in [0.2, 0.25) is 5.02 Å². The van der Waals surface area contributed by atoms with Crippen LogP contribution in [0.3, 0.4) is 0 Å². The molecule has 1 heterocycles. The first-order valence-electron chi connectivity index (χ1n) is 8.54. The summed E-state index contributed by atoms with van der Waals surface area (Å²) in [7, 11) is 3.13. The highest BCUT2D eigenvalue weighted by Crippen LogP contribution is 2.31. The van der Waals surface area contributed by atoms with Crippen LogP contribution >= 0.6 is 11.6 Å². The average molecular weight is 403 g/mol. The summed E-state index contributed by atoms with van der Waals surface area (Å²) >= 11 is 5.96. The molecule has 3 rings (SSSR count). The highest BCUT2D eigenvalue weighted by Gasteiger charge is 2.14. The van der Waals surface area contributed by atoms with Gasteiger partial charge >= 0.3 is 5.97 Å². The fourth-order valence-electron chi connectivity index (χ4n) is 2.66. The van der Waals surface area contributed by atoms with Gasteiger partial charge in [0.05, 0.1) is 14.2 Å². The Morgan fingerprint density at radius 2 is 1.96 bits per heavy atom. The number of hydrogen-bond acceptors (Lipinski definition) is 7. The second-order valence-electron chi connectivity index (χ2n) is 5.84. The molecule has 28 heavy (non-hydrogen) atoms. The zero-order chi connectivity index (χ0) is 19.9. The zero-order valence-corrected chi connectivity index (χ0v) is 16.2. The van der Waals surface area contributed by atoms with Crippen molar-refractivity contribution < 1.29 is 23.5 Å². The summed E-state index contributed by atoms with van der Waals surface area (Å²) in [4.78, 5) is 16.3. The minimum atomic E-state index is -0.382. The van der Waals surface area contributed by atoms with E-state index in [4.69, 9.17) is 30.3 Å². The number of benzene rings is 2. The third-order valence-corrected chi connectivity index (χ3v) is 4.23. The molecule has 1 aromatic heterocycles. The molecule has 0 aliphatic heterocycles. The second kappa shape index (κ2) is 9.23. The van der Waals surface area contributed by atoms with Crippen LogP contribution in [-0.4, -0.2) is 30.3 Å². The molecule has 0 saturated carbocycles. The molecule has 0 unspecified atom stereocenters. The molecule has 3 aromatic rings. The molecule has 0 aliphatic rings. The van der Waals surface area contributed by atoms with Crippen molar-refractivity contribution in [2.75, 3.05) is 14.2 Å². The van der Waals surface area contributed by atoms with E-state index in [-0.39, 0.29) is 24.9 Å². The highest BCUT2D eigenvalue weighted by atomic mass is 35.5. The van der Waals surface area contributed by atoms with Crippen molar-refractivity contribution in [1.29, 1.82) is 0 Å². The van der Waals surface area contributed by atoms with Crippen molar-refractivity contribution in [2.45, 2.75) is 19.4 Å². The number of para-hydroxylation sites is 1. The number of aryl methyl sites for hydroxylation is 1. The van der Waals surface area contributed by atoms with E-state index in [9.17, 15) is 4.79 Å². The van der Waals surface area contributed by atoms with Crippen LogP contribution < -0.4 is 9.47 Å². The normalized spacial score (nSPS) is 10.5. The number of aromatic nitrogens is 2. The number of carbonyl (C=O) groups is 1. The van der Waals surface area contributed by atoms with E-state index in [0.717, 1.165) is 11.1 Å². The van der Waals surface area contributed by atoms with Gasteiger partial charge in [0.2, 0.25) is 5.82 Å². The lowest BCUT2D eigenvalue weighted by molar-refractivity contribution is -0.145. The third kappa shape index (κ3) is 4.80. The van der Waals surface area contributed by atoms with Gasteiger partial charge in [0, 0.05) is 17.0 Å². The molecule has 0 bridgehead atoms. The number of esters is 1. The van der Waals surface area contributed by atoms with Gasteiger partial charge in [0.25, 0.3) is 5.89 Å². The van der Waals surface area contributed by atoms with Crippen LogP contribution in [0.4, 0.5) is 0 Å². The lowest BCUT2D eigenvalue weighted by atomic mass is 10.1. The van der Waals surface area contributed by atoms with Gasteiger partial charge in [-0.25, -0.2) is 0 Å². The number of hydrogen-bond donors (Lipinski definition) is 0. The SMILES string of the molecule is COc1cccc(CCC(=O)OCc2nc(-c3cccc(Cl)c3)no2)c1OC. The predicted octanol–water partition coefficient (Wildman–Crippen LogP) is 4.08. The number of methoxy groups -OCH3 is 2. The van der Waals surface area contributed by atoms with Gasteiger partial charge in [-0.05, 0) is 30.2 Å². The van der Waals surface area contributed by atoms with Gasteiger partial charge in [0.15, 0.2) is 18.1 Å². The Labute approximate surface area is 167 Å². The standard InChI is InChI=1S/C20H19ClN2O5/c1-25-16-8-4-5-13(19(16)26-2)9-10-18(24)27-12-17-22-20(23-28-17)14-6-3-7-15(21)11-14/h3-8,11H,9-10,12H2,1-2H3. The number of rotatable bonds is 8. The van der Waals surface area contributed by atoms with Crippen LogP contribution in [-0.2, 0) is 22.6 Å². The van der Waals surface area contributed by atoms with Gasteiger partial charge < -0.3 is 18.7 Å². The number of carbonyl (C=O) groups excluding carboxylic acids is 1. The van der Waals surface area contributed by atoms with Gasteiger partial charge in [0.1, 0.15) is 0 Å². The Bertz CT molecular complexity index is 957. The Balaban J connectivity index is 1.54. The monoisotopic (exact) mass is 402 g/mol. The summed E-state index contributed by atoms with van der Waals surface area (Å²) in [5.41, 5.74) is 1.58. The molecule has 0 amide bonds. The second-order valence-corrected chi connectivity index (χ2v) is 6.27. The van der Waals surface area contributed by atoms with E-state index in [1.165, 1.54) is 0 Å². The van der Waals surface area contributed by atoms with E-state index >= 15 is 0 Å². The van der Waals surface area contributed by atoms with Crippen LogP contribution in [0.25, 0.3) is 11.4 Å². The van der Waals surface area contributed by atoms with E-state index in [2.05, 4.69) is 10.1 Å². The maximum Gasteiger partial charge on any atom is 0.306 e. The Kier molecular flexibility index (Phi) is 6.49. The van der Waals surface area contributed by atoms with Gasteiger partial charge in [-0.3, -0.25) is 4.79 Å². The largest absolute Gasteiger partial charge is 0.493 e. The molecule has 146 valence electrons. The lowest BCUT2D eigenvalue weighted by Gasteiger charge is -2.12. The number of ether oxygens (including phenoxy) is 3. The molecule has 8 heteroatoms. The zero-order valence-electron chi connectivity index (χ0n) is 15.5. The molecule has 0 radical (unpaired) electrons. The Hall–Kier alpha value is -3.06. The molecular weight excluding hydrogens is 384 g/mol. The molecule has 0 atom stereocenters. The minimum absolute atomic E-state index is 0.0956. The van der Waals surface area contributed by atoms with Crippen LogP contribution in [0, 0.1) is 0 Å². The maximum atomic E-state index is 12.1. The fourth-order valence-corrected chi connectivity index (χ4v) is 2.85. The van der Waals surface area contributed by atoms with Gasteiger partial charge in [-0.15, -0.1) is 0 Å². The molecule has 0 spiro atoms. The molecule has 0 N–H and O–H groups in total. The molecule has 0 aliphatic carbocycles. The smallest absolute Gasteiger partial charge is 0.306 e. The van der Waals surface area contributed by atoms with E-state index in [1.807, 2.05) is 18.2 Å². The Morgan fingerprint density at radius 1 is 1.14 bits per heavy atom. The predicted molar refractivity (Wildman–Crippen MR) is 102 cm³/mol.